The van der Waals surface area contributed by atoms with Gasteiger partial charge in [0.2, 0.25) is 5.91 Å². The van der Waals surface area contributed by atoms with E-state index in [9.17, 15) is 4.79 Å². The molecule has 0 aliphatic heterocycles. The standard InChI is InChI=1S/C18H30N2O3/c1-5-22-10-11-23-14(4)18(21)20-12-17(19)16-8-6-15(7-9-16)13(2)3/h6-9,13-14,17H,5,10-12,19H2,1-4H3,(H,20,21). The predicted molar refractivity (Wildman–Crippen MR) is 92.4 cm³/mol. The van der Waals surface area contributed by atoms with Gasteiger partial charge in [-0.2, -0.15) is 0 Å². The average molecular weight is 322 g/mol. The van der Waals surface area contributed by atoms with Crippen molar-refractivity contribution in [2.75, 3.05) is 26.4 Å². The van der Waals surface area contributed by atoms with Gasteiger partial charge in [-0.05, 0) is 30.9 Å². The molecule has 0 saturated heterocycles. The van der Waals surface area contributed by atoms with Crippen molar-refractivity contribution in [3.63, 3.8) is 0 Å². The van der Waals surface area contributed by atoms with Crippen molar-refractivity contribution in [1.29, 1.82) is 0 Å². The molecule has 23 heavy (non-hydrogen) atoms. The van der Waals surface area contributed by atoms with Crippen LogP contribution in [0, 0.1) is 0 Å². The minimum Gasteiger partial charge on any atom is -0.379 e. The molecular weight excluding hydrogens is 292 g/mol. The maximum Gasteiger partial charge on any atom is 0.248 e. The first-order valence-electron chi connectivity index (χ1n) is 8.28. The van der Waals surface area contributed by atoms with E-state index in [4.69, 9.17) is 15.2 Å². The third kappa shape index (κ3) is 7.12. The lowest BCUT2D eigenvalue weighted by molar-refractivity contribution is -0.132. The van der Waals surface area contributed by atoms with Crippen LogP contribution in [-0.2, 0) is 14.3 Å². The van der Waals surface area contributed by atoms with Crippen LogP contribution in [0.5, 0.6) is 0 Å². The number of ether oxygens (including phenoxy) is 2. The van der Waals surface area contributed by atoms with Gasteiger partial charge in [-0.1, -0.05) is 38.1 Å². The monoisotopic (exact) mass is 322 g/mol. The molecule has 0 saturated carbocycles. The molecule has 0 aliphatic carbocycles. The number of hydrogen-bond donors (Lipinski definition) is 2. The van der Waals surface area contributed by atoms with Crippen LogP contribution >= 0.6 is 0 Å². The minimum absolute atomic E-state index is 0.157. The van der Waals surface area contributed by atoms with Gasteiger partial charge in [0.1, 0.15) is 6.10 Å². The van der Waals surface area contributed by atoms with Gasteiger partial charge >= 0.3 is 0 Å². The van der Waals surface area contributed by atoms with E-state index in [1.165, 1.54) is 5.56 Å². The van der Waals surface area contributed by atoms with Crippen LogP contribution in [0.25, 0.3) is 0 Å². The first kappa shape index (κ1) is 19.6. The van der Waals surface area contributed by atoms with E-state index in [0.717, 1.165) is 5.56 Å². The molecule has 1 aromatic rings. The van der Waals surface area contributed by atoms with Gasteiger partial charge in [0.25, 0.3) is 0 Å². The molecule has 0 bridgehead atoms. The number of nitrogens with one attached hydrogen (secondary N) is 1. The SMILES string of the molecule is CCOCCOC(C)C(=O)NCC(N)c1ccc(C(C)C)cc1. The Morgan fingerprint density at radius 2 is 1.74 bits per heavy atom. The third-order valence-corrected chi connectivity index (χ3v) is 3.70. The van der Waals surface area contributed by atoms with Crippen molar-refractivity contribution in [2.45, 2.75) is 45.8 Å². The molecule has 0 radical (unpaired) electrons. The van der Waals surface area contributed by atoms with Gasteiger partial charge in [-0.3, -0.25) is 4.79 Å². The van der Waals surface area contributed by atoms with Crippen LogP contribution in [0.1, 0.15) is 50.8 Å². The van der Waals surface area contributed by atoms with Crippen LogP contribution in [-0.4, -0.2) is 38.4 Å². The van der Waals surface area contributed by atoms with Gasteiger partial charge < -0.3 is 20.5 Å². The molecule has 5 heteroatoms. The smallest absolute Gasteiger partial charge is 0.248 e. The van der Waals surface area contributed by atoms with Crippen LogP contribution < -0.4 is 11.1 Å². The molecule has 3 N–H and O–H groups in total. The first-order chi connectivity index (χ1) is 11.0. The highest BCUT2D eigenvalue weighted by molar-refractivity contribution is 5.80. The number of amides is 1. The van der Waals surface area contributed by atoms with Crippen molar-refractivity contribution in [2.24, 2.45) is 5.73 Å². The number of carbonyl (C=O) groups excluding carboxylic acids is 1. The summed E-state index contributed by atoms with van der Waals surface area (Å²) in [6, 6.07) is 7.99. The lowest BCUT2D eigenvalue weighted by Gasteiger charge is -2.17. The van der Waals surface area contributed by atoms with Gasteiger partial charge in [0, 0.05) is 19.2 Å². The first-order valence-corrected chi connectivity index (χ1v) is 8.28. The molecule has 2 unspecified atom stereocenters. The molecular formula is C18H30N2O3. The van der Waals surface area contributed by atoms with E-state index in [-0.39, 0.29) is 11.9 Å². The van der Waals surface area contributed by atoms with Crippen LogP contribution in [0.3, 0.4) is 0 Å². The van der Waals surface area contributed by atoms with E-state index in [2.05, 4.69) is 31.3 Å². The van der Waals surface area contributed by atoms with Crippen LogP contribution in [0.15, 0.2) is 24.3 Å². The van der Waals surface area contributed by atoms with Crippen LogP contribution in [0.2, 0.25) is 0 Å². The summed E-state index contributed by atoms with van der Waals surface area (Å²) >= 11 is 0. The number of benzene rings is 1. The summed E-state index contributed by atoms with van der Waals surface area (Å²) < 4.78 is 10.6. The summed E-state index contributed by atoms with van der Waals surface area (Å²) in [6.45, 7) is 9.90. The molecule has 130 valence electrons. The predicted octanol–water partition coefficient (Wildman–Crippen LogP) is 2.37. The van der Waals surface area contributed by atoms with Gasteiger partial charge in [0.15, 0.2) is 0 Å². The van der Waals surface area contributed by atoms with Gasteiger partial charge in [0.05, 0.1) is 13.2 Å². The second-order valence-corrected chi connectivity index (χ2v) is 5.88. The largest absolute Gasteiger partial charge is 0.379 e. The Morgan fingerprint density at radius 3 is 2.30 bits per heavy atom. The second kappa shape index (κ2) is 10.4. The highest BCUT2D eigenvalue weighted by atomic mass is 16.5. The maximum absolute atomic E-state index is 12.0. The average Bonchev–Trinajstić information content (AvgIpc) is 2.56. The Balaban J connectivity index is 2.36. The van der Waals surface area contributed by atoms with Crippen molar-refractivity contribution in [3.05, 3.63) is 35.4 Å². The molecule has 1 amide bonds. The van der Waals surface area contributed by atoms with E-state index in [1.807, 2.05) is 19.1 Å². The molecule has 1 rings (SSSR count). The minimum atomic E-state index is -0.508. The van der Waals surface area contributed by atoms with Gasteiger partial charge in [-0.25, -0.2) is 0 Å². The molecule has 1 aromatic carbocycles. The van der Waals surface area contributed by atoms with Crippen molar-refractivity contribution < 1.29 is 14.3 Å². The van der Waals surface area contributed by atoms with E-state index in [0.29, 0.717) is 32.3 Å². The Bertz CT molecular complexity index is 460. The summed E-state index contributed by atoms with van der Waals surface area (Å²) in [5, 5.41) is 2.83. The zero-order valence-electron chi connectivity index (χ0n) is 14.7. The molecule has 0 spiro atoms. The molecule has 5 nitrogen and oxygen atoms in total. The highest BCUT2D eigenvalue weighted by Crippen LogP contribution is 2.17. The lowest BCUT2D eigenvalue weighted by Crippen LogP contribution is -2.39. The van der Waals surface area contributed by atoms with E-state index < -0.39 is 6.10 Å². The normalized spacial score (nSPS) is 13.8. The molecule has 0 heterocycles. The third-order valence-electron chi connectivity index (χ3n) is 3.70. The molecule has 0 fully saturated rings. The molecule has 0 aliphatic rings. The van der Waals surface area contributed by atoms with Crippen LogP contribution in [0.4, 0.5) is 0 Å². The summed E-state index contributed by atoms with van der Waals surface area (Å²) in [4.78, 5) is 12.0. The lowest BCUT2D eigenvalue weighted by atomic mass is 9.99. The quantitative estimate of drug-likeness (QED) is 0.649. The topological polar surface area (TPSA) is 73.6 Å². The number of hydrogen-bond acceptors (Lipinski definition) is 4. The summed E-state index contributed by atoms with van der Waals surface area (Å²) in [5.74, 6) is 0.338. The number of carbonyl (C=O) groups is 1. The fraction of sp³-hybridized carbons (Fsp3) is 0.611. The molecule has 2 atom stereocenters. The second-order valence-electron chi connectivity index (χ2n) is 5.88. The summed E-state index contributed by atoms with van der Waals surface area (Å²) in [7, 11) is 0. The number of rotatable bonds is 10. The van der Waals surface area contributed by atoms with Crippen molar-refractivity contribution >= 4 is 5.91 Å². The highest BCUT2D eigenvalue weighted by Gasteiger charge is 2.15. The molecule has 0 aromatic heterocycles. The van der Waals surface area contributed by atoms with E-state index in [1.54, 1.807) is 6.92 Å². The summed E-state index contributed by atoms with van der Waals surface area (Å²) in [5.41, 5.74) is 8.43. The Labute approximate surface area is 139 Å². The maximum atomic E-state index is 12.0. The fourth-order valence-corrected chi connectivity index (χ4v) is 2.10. The Morgan fingerprint density at radius 1 is 1.13 bits per heavy atom. The fourth-order valence-electron chi connectivity index (χ4n) is 2.10. The Kier molecular flexibility index (Phi) is 8.84. The van der Waals surface area contributed by atoms with Crippen molar-refractivity contribution in [3.8, 4) is 0 Å². The van der Waals surface area contributed by atoms with E-state index >= 15 is 0 Å². The zero-order valence-corrected chi connectivity index (χ0v) is 14.7. The Hall–Kier alpha value is -1.43. The summed E-state index contributed by atoms with van der Waals surface area (Å²) in [6.07, 6.45) is -0.508. The van der Waals surface area contributed by atoms with Crippen molar-refractivity contribution in [1.82, 2.24) is 5.32 Å². The zero-order chi connectivity index (χ0) is 17.2. The number of nitrogens with two attached hydrogens (primary N) is 1. The van der Waals surface area contributed by atoms with Gasteiger partial charge in [-0.15, -0.1) is 0 Å².